The molecule has 12 heteroatoms. The van der Waals surface area contributed by atoms with Crippen molar-refractivity contribution in [1.82, 2.24) is 25.8 Å². The lowest BCUT2D eigenvalue weighted by molar-refractivity contribution is -0.137. The maximum absolute atomic E-state index is 14.4. The maximum atomic E-state index is 14.4. The molecule has 0 unspecified atom stereocenters. The molecule has 0 bridgehead atoms. The monoisotopic (exact) mass is 485 g/mol. The van der Waals surface area contributed by atoms with E-state index in [0.717, 1.165) is 12.1 Å². The number of urea groups is 1. The highest BCUT2D eigenvalue weighted by atomic mass is 35.5. The summed E-state index contributed by atoms with van der Waals surface area (Å²) in [5, 5.41) is 9.34. The Bertz CT molecular complexity index is 1130. The highest BCUT2D eigenvalue weighted by molar-refractivity contribution is 6.30. The minimum atomic E-state index is -4.83. The third kappa shape index (κ3) is 5.78. The Morgan fingerprint density at radius 3 is 2.42 bits per heavy atom. The molecule has 0 aliphatic carbocycles. The van der Waals surface area contributed by atoms with E-state index in [4.69, 9.17) is 16.1 Å². The van der Waals surface area contributed by atoms with Gasteiger partial charge in [-0.2, -0.15) is 18.2 Å². The van der Waals surface area contributed by atoms with Crippen LogP contribution in [-0.2, 0) is 18.1 Å². The molecule has 0 aliphatic rings. The van der Waals surface area contributed by atoms with E-state index in [-0.39, 0.29) is 40.5 Å². The van der Waals surface area contributed by atoms with E-state index in [1.807, 2.05) is 0 Å². The van der Waals surface area contributed by atoms with Crippen LogP contribution in [0, 0.1) is 12.7 Å². The van der Waals surface area contributed by atoms with Gasteiger partial charge in [0, 0.05) is 25.6 Å². The van der Waals surface area contributed by atoms with Crippen molar-refractivity contribution in [2.75, 3.05) is 0 Å². The molecule has 0 spiro atoms. The number of aromatic nitrogens is 3. The number of carbonyl (C=O) groups is 1. The van der Waals surface area contributed by atoms with Crippen LogP contribution in [0.5, 0.6) is 0 Å². The number of nitrogens with one attached hydrogen (secondary N) is 2. The molecule has 7 nitrogen and oxygen atoms in total. The molecule has 0 aliphatic heterocycles. The Morgan fingerprint density at radius 2 is 1.88 bits per heavy atom. The lowest BCUT2D eigenvalue weighted by Gasteiger charge is -2.35. The quantitative estimate of drug-likeness (QED) is 0.490. The van der Waals surface area contributed by atoms with E-state index in [0.29, 0.717) is 6.07 Å². The first-order valence-corrected chi connectivity index (χ1v) is 10.1. The molecule has 176 valence electrons. The summed E-state index contributed by atoms with van der Waals surface area (Å²) in [6.07, 6.45) is -3.86. The Kier molecular flexibility index (Phi) is 6.92. The molecule has 1 aromatic carbocycles. The molecule has 33 heavy (non-hydrogen) atoms. The van der Waals surface area contributed by atoms with Gasteiger partial charge in [0.25, 0.3) is 0 Å². The standard InChI is InChI=1S/C21H20ClF4N5O2/c1-11(2)28-19(32)30-20(9-18-29-12(3)33-31-18,17-5-4-15(22)10-27-17)13-6-14(21(24,25)26)8-16(23)7-13/h4-8,10-11H,9H2,1-3H3,(H2,28,30,32)/t20-/m1/s1. The van der Waals surface area contributed by atoms with Gasteiger partial charge >= 0.3 is 12.2 Å². The number of rotatable bonds is 6. The molecule has 2 N–H and O–H groups in total. The first-order chi connectivity index (χ1) is 15.4. The van der Waals surface area contributed by atoms with Crippen LogP contribution < -0.4 is 10.6 Å². The van der Waals surface area contributed by atoms with Crippen molar-refractivity contribution < 1.29 is 26.9 Å². The van der Waals surface area contributed by atoms with Gasteiger partial charge in [-0.1, -0.05) is 16.8 Å². The van der Waals surface area contributed by atoms with Crippen molar-refractivity contribution >= 4 is 17.6 Å². The van der Waals surface area contributed by atoms with E-state index in [9.17, 15) is 22.4 Å². The zero-order chi connectivity index (χ0) is 24.4. The molecule has 2 heterocycles. The number of halogens is 5. The first-order valence-electron chi connectivity index (χ1n) is 9.77. The van der Waals surface area contributed by atoms with E-state index in [1.165, 1.54) is 25.3 Å². The van der Waals surface area contributed by atoms with E-state index in [2.05, 4.69) is 25.8 Å². The van der Waals surface area contributed by atoms with Crippen molar-refractivity contribution in [3.63, 3.8) is 0 Å². The summed E-state index contributed by atoms with van der Waals surface area (Å²) in [6.45, 7) is 4.93. The van der Waals surface area contributed by atoms with E-state index >= 15 is 0 Å². The summed E-state index contributed by atoms with van der Waals surface area (Å²) in [6, 6.07) is 3.87. The molecule has 2 amide bonds. The van der Waals surface area contributed by atoms with Crippen LogP contribution in [0.2, 0.25) is 5.02 Å². The number of pyridine rings is 1. The minimum absolute atomic E-state index is 0.0620. The van der Waals surface area contributed by atoms with Crippen molar-refractivity contribution in [1.29, 1.82) is 0 Å². The predicted molar refractivity (Wildman–Crippen MR) is 111 cm³/mol. The number of benzene rings is 1. The second-order valence-electron chi connectivity index (χ2n) is 7.65. The van der Waals surface area contributed by atoms with Crippen molar-refractivity contribution in [2.45, 2.75) is 44.9 Å². The molecular weight excluding hydrogens is 466 g/mol. The average Bonchev–Trinajstić information content (AvgIpc) is 3.10. The molecule has 0 fully saturated rings. The fraction of sp³-hybridized carbons (Fsp3) is 0.333. The summed E-state index contributed by atoms with van der Waals surface area (Å²) in [7, 11) is 0. The highest BCUT2D eigenvalue weighted by Gasteiger charge is 2.42. The Morgan fingerprint density at radius 1 is 1.18 bits per heavy atom. The Hall–Kier alpha value is -3.21. The molecule has 3 aromatic rings. The van der Waals surface area contributed by atoms with E-state index in [1.54, 1.807) is 13.8 Å². The molecule has 3 rings (SSSR count). The van der Waals surface area contributed by atoms with Gasteiger partial charge in [-0.05, 0) is 49.7 Å². The topological polar surface area (TPSA) is 92.9 Å². The average molecular weight is 486 g/mol. The van der Waals surface area contributed by atoms with Gasteiger partial charge in [0.05, 0.1) is 16.3 Å². The molecule has 1 atom stereocenters. The van der Waals surface area contributed by atoms with Crippen LogP contribution in [0.1, 0.15) is 42.4 Å². The summed E-state index contributed by atoms with van der Waals surface area (Å²) in [5.74, 6) is -0.884. The Labute approximate surface area is 191 Å². The molecule has 2 aromatic heterocycles. The second kappa shape index (κ2) is 9.34. The SMILES string of the molecule is Cc1nc(C[C@@](NC(=O)NC(C)C)(c2cc(F)cc(C(F)(F)F)c2)c2ccc(Cl)cn2)no1. The number of nitrogens with zero attached hydrogens (tertiary/aromatic N) is 3. The minimum Gasteiger partial charge on any atom is -0.340 e. The number of carbonyl (C=O) groups excluding carboxylic acids is 1. The third-order valence-electron chi connectivity index (χ3n) is 4.62. The van der Waals surface area contributed by atoms with Crippen LogP contribution in [-0.4, -0.2) is 27.2 Å². The maximum Gasteiger partial charge on any atom is 0.416 e. The largest absolute Gasteiger partial charge is 0.416 e. The van der Waals surface area contributed by atoms with Gasteiger partial charge in [0.1, 0.15) is 11.4 Å². The first kappa shape index (κ1) is 24.4. The van der Waals surface area contributed by atoms with Crippen molar-refractivity contribution in [2.24, 2.45) is 0 Å². The van der Waals surface area contributed by atoms with E-state index < -0.39 is 29.1 Å². The number of hydrogen-bond donors (Lipinski definition) is 2. The van der Waals surface area contributed by atoms with Crippen molar-refractivity contribution in [3.8, 4) is 0 Å². The number of amides is 2. The number of hydrogen-bond acceptors (Lipinski definition) is 5. The summed E-state index contributed by atoms with van der Waals surface area (Å²) >= 11 is 5.95. The second-order valence-corrected chi connectivity index (χ2v) is 8.09. The van der Waals surface area contributed by atoms with Gasteiger partial charge in [-0.15, -0.1) is 0 Å². The Balaban J connectivity index is 2.29. The van der Waals surface area contributed by atoms with Crippen LogP contribution in [0.4, 0.5) is 22.4 Å². The molecule has 0 saturated carbocycles. The fourth-order valence-electron chi connectivity index (χ4n) is 3.29. The molecule has 0 radical (unpaired) electrons. The van der Waals surface area contributed by atoms with Gasteiger partial charge in [-0.3, -0.25) is 4.98 Å². The summed E-state index contributed by atoms with van der Waals surface area (Å²) < 4.78 is 60.0. The van der Waals surface area contributed by atoms with Gasteiger partial charge in [-0.25, -0.2) is 9.18 Å². The van der Waals surface area contributed by atoms with Gasteiger partial charge in [0.15, 0.2) is 5.82 Å². The highest BCUT2D eigenvalue weighted by Crippen LogP contribution is 2.37. The normalized spacial score (nSPS) is 13.6. The van der Waals surface area contributed by atoms with Crippen LogP contribution >= 0.6 is 11.6 Å². The summed E-state index contributed by atoms with van der Waals surface area (Å²) in [5.41, 5.74) is -3.16. The molecular formula is C21H20ClF4N5O2. The number of alkyl halides is 3. The fourth-order valence-corrected chi connectivity index (χ4v) is 3.40. The zero-order valence-corrected chi connectivity index (χ0v) is 18.6. The number of aryl methyl sites for hydroxylation is 1. The molecule has 0 saturated heterocycles. The lowest BCUT2D eigenvalue weighted by Crippen LogP contribution is -2.54. The summed E-state index contributed by atoms with van der Waals surface area (Å²) in [4.78, 5) is 21.1. The van der Waals surface area contributed by atoms with Gasteiger partial charge in [0.2, 0.25) is 5.89 Å². The van der Waals surface area contributed by atoms with Crippen molar-refractivity contribution in [3.05, 3.63) is 75.9 Å². The third-order valence-corrected chi connectivity index (χ3v) is 4.85. The van der Waals surface area contributed by atoms with Crippen LogP contribution in [0.15, 0.2) is 41.1 Å². The zero-order valence-electron chi connectivity index (χ0n) is 17.8. The van der Waals surface area contributed by atoms with Gasteiger partial charge < -0.3 is 15.2 Å². The predicted octanol–water partition coefficient (Wildman–Crippen LogP) is 4.78. The van der Waals surface area contributed by atoms with Crippen LogP contribution in [0.25, 0.3) is 0 Å². The smallest absolute Gasteiger partial charge is 0.340 e. The lowest BCUT2D eigenvalue weighted by atomic mass is 9.81. The van der Waals surface area contributed by atoms with Crippen LogP contribution in [0.3, 0.4) is 0 Å².